The topological polar surface area (TPSA) is 64.6 Å². The van der Waals surface area contributed by atoms with Gasteiger partial charge in [0.05, 0.1) is 6.61 Å². The lowest BCUT2D eigenvalue weighted by atomic mass is 10.3. The molecule has 0 spiro atoms. The summed E-state index contributed by atoms with van der Waals surface area (Å²) >= 11 is 1.27. The van der Waals surface area contributed by atoms with E-state index in [1.807, 2.05) is 6.92 Å². The van der Waals surface area contributed by atoms with E-state index >= 15 is 0 Å². The van der Waals surface area contributed by atoms with E-state index in [2.05, 4.69) is 5.32 Å². The standard InChI is InChI=1S/C15H15NO4S/c1-2-19-12-7-5-11(6-8-12)16-14(17)10-20-15(18)13-4-3-9-21-13/h3-9H,2,10H2,1H3,(H,16,17). The Kier molecular flexibility index (Phi) is 5.34. The summed E-state index contributed by atoms with van der Waals surface area (Å²) < 4.78 is 10.2. The van der Waals surface area contributed by atoms with Crippen LogP contribution in [0, 0.1) is 0 Å². The van der Waals surface area contributed by atoms with Gasteiger partial charge in [-0.1, -0.05) is 6.07 Å². The predicted octanol–water partition coefficient (Wildman–Crippen LogP) is 2.94. The molecule has 21 heavy (non-hydrogen) atoms. The summed E-state index contributed by atoms with van der Waals surface area (Å²) in [5, 5.41) is 4.42. The molecule has 110 valence electrons. The summed E-state index contributed by atoms with van der Waals surface area (Å²) in [6.07, 6.45) is 0. The molecule has 0 radical (unpaired) electrons. The third-order valence-corrected chi connectivity index (χ3v) is 3.36. The van der Waals surface area contributed by atoms with Gasteiger partial charge in [-0.05, 0) is 42.6 Å². The molecule has 0 unspecified atom stereocenters. The molecule has 0 aliphatic heterocycles. The second-order valence-corrected chi connectivity index (χ2v) is 5.01. The molecule has 1 N–H and O–H groups in total. The molecule has 1 aromatic carbocycles. The van der Waals surface area contributed by atoms with E-state index in [0.717, 1.165) is 5.75 Å². The highest BCUT2D eigenvalue weighted by molar-refractivity contribution is 7.11. The van der Waals surface area contributed by atoms with Gasteiger partial charge in [0.15, 0.2) is 6.61 Å². The number of hydrogen-bond acceptors (Lipinski definition) is 5. The second-order valence-electron chi connectivity index (χ2n) is 4.06. The van der Waals surface area contributed by atoms with E-state index in [4.69, 9.17) is 9.47 Å². The van der Waals surface area contributed by atoms with Crippen molar-refractivity contribution in [2.24, 2.45) is 0 Å². The van der Waals surface area contributed by atoms with Crippen molar-refractivity contribution in [2.45, 2.75) is 6.92 Å². The molecule has 0 saturated carbocycles. The van der Waals surface area contributed by atoms with Gasteiger partial charge in [0, 0.05) is 5.69 Å². The highest BCUT2D eigenvalue weighted by atomic mass is 32.1. The van der Waals surface area contributed by atoms with Gasteiger partial charge in [-0.15, -0.1) is 11.3 Å². The van der Waals surface area contributed by atoms with Crippen LogP contribution in [0.25, 0.3) is 0 Å². The molecule has 1 amide bonds. The first-order chi connectivity index (χ1) is 10.2. The van der Waals surface area contributed by atoms with Crippen LogP contribution < -0.4 is 10.1 Å². The van der Waals surface area contributed by atoms with Crippen molar-refractivity contribution in [3.8, 4) is 5.75 Å². The average Bonchev–Trinajstić information content (AvgIpc) is 3.01. The molecule has 0 aliphatic carbocycles. The maximum atomic E-state index is 11.7. The van der Waals surface area contributed by atoms with Gasteiger partial charge in [-0.3, -0.25) is 4.79 Å². The number of ether oxygens (including phenoxy) is 2. The van der Waals surface area contributed by atoms with Crippen molar-refractivity contribution >= 4 is 28.9 Å². The Bertz CT molecular complexity index is 593. The first-order valence-corrected chi connectivity index (χ1v) is 7.30. The molecule has 5 nitrogen and oxygen atoms in total. The highest BCUT2D eigenvalue weighted by Crippen LogP contribution is 2.15. The Morgan fingerprint density at radius 3 is 2.57 bits per heavy atom. The Balaban J connectivity index is 1.80. The molecule has 0 saturated heterocycles. The molecule has 2 aromatic rings. The van der Waals surface area contributed by atoms with Crippen molar-refractivity contribution in [3.63, 3.8) is 0 Å². The van der Waals surface area contributed by atoms with E-state index in [1.54, 1.807) is 41.8 Å². The lowest BCUT2D eigenvalue weighted by Crippen LogP contribution is -2.20. The van der Waals surface area contributed by atoms with Gasteiger partial charge in [-0.2, -0.15) is 0 Å². The van der Waals surface area contributed by atoms with Crippen molar-refractivity contribution in [1.29, 1.82) is 0 Å². The zero-order valence-corrected chi connectivity index (χ0v) is 12.3. The smallest absolute Gasteiger partial charge is 0.348 e. The van der Waals surface area contributed by atoms with Crippen LogP contribution >= 0.6 is 11.3 Å². The maximum absolute atomic E-state index is 11.7. The maximum Gasteiger partial charge on any atom is 0.348 e. The molecule has 1 aromatic heterocycles. The summed E-state index contributed by atoms with van der Waals surface area (Å²) in [5.41, 5.74) is 0.621. The van der Waals surface area contributed by atoms with Gasteiger partial charge >= 0.3 is 5.97 Å². The van der Waals surface area contributed by atoms with Crippen LogP contribution in [0.15, 0.2) is 41.8 Å². The van der Waals surface area contributed by atoms with Crippen LogP contribution in [-0.2, 0) is 9.53 Å². The zero-order valence-electron chi connectivity index (χ0n) is 11.5. The molecule has 0 fully saturated rings. The molecular weight excluding hydrogens is 290 g/mol. The Hall–Kier alpha value is -2.34. The molecule has 2 rings (SSSR count). The van der Waals surface area contributed by atoms with Crippen LogP contribution in [-0.4, -0.2) is 25.1 Å². The van der Waals surface area contributed by atoms with Gasteiger partial charge in [-0.25, -0.2) is 4.79 Å². The fourth-order valence-electron chi connectivity index (χ4n) is 1.60. The normalized spacial score (nSPS) is 9.95. The Morgan fingerprint density at radius 2 is 1.95 bits per heavy atom. The number of esters is 1. The minimum absolute atomic E-state index is 0.316. The first-order valence-electron chi connectivity index (χ1n) is 6.42. The van der Waals surface area contributed by atoms with E-state index in [-0.39, 0.29) is 12.5 Å². The Morgan fingerprint density at radius 1 is 1.19 bits per heavy atom. The van der Waals surface area contributed by atoms with Crippen molar-refractivity contribution in [2.75, 3.05) is 18.5 Å². The van der Waals surface area contributed by atoms with Crippen LogP contribution in [0.2, 0.25) is 0 Å². The molecular formula is C15H15NO4S. The summed E-state index contributed by atoms with van der Waals surface area (Å²) in [6.45, 7) is 2.17. The summed E-state index contributed by atoms with van der Waals surface area (Å²) in [5.74, 6) is -0.143. The molecule has 6 heteroatoms. The third-order valence-electron chi connectivity index (χ3n) is 2.51. The summed E-state index contributed by atoms with van der Waals surface area (Å²) in [6, 6.07) is 10.4. The molecule has 0 atom stereocenters. The number of thiophene rings is 1. The van der Waals surface area contributed by atoms with Gasteiger partial charge in [0.1, 0.15) is 10.6 Å². The molecule has 0 bridgehead atoms. The quantitative estimate of drug-likeness (QED) is 0.833. The number of amides is 1. The number of hydrogen-bond donors (Lipinski definition) is 1. The summed E-state index contributed by atoms with van der Waals surface area (Å²) in [7, 11) is 0. The van der Waals surface area contributed by atoms with E-state index in [9.17, 15) is 9.59 Å². The Labute approximate surface area is 126 Å². The largest absolute Gasteiger partial charge is 0.494 e. The first kappa shape index (κ1) is 15.1. The van der Waals surface area contributed by atoms with Crippen LogP contribution in [0.4, 0.5) is 5.69 Å². The molecule has 0 aliphatic rings. The van der Waals surface area contributed by atoms with Crippen molar-refractivity contribution in [3.05, 3.63) is 46.7 Å². The number of rotatable bonds is 6. The van der Waals surface area contributed by atoms with Crippen LogP contribution in [0.3, 0.4) is 0 Å². The highest BCUT2D eigenvalue weighted by Gasteiger charge is 2.11. The molecule has 1 heterocycles. The number of anilines is 1. The monoisotopic (exact) mass is 305 g/mol. The van der Waals surface area contributed by atoms with Crippen LogP contribution in [0.5, 0.6) is 5.75 Å². The van der Waals surface area contributed by atoms with E-state index < -0.39 is 5.97 Å². The van der Waals surface area contributed by atoms with Gasteiger partial charge < -0.3 is 14.8 Å². The van der Waals surface area contributed by atoms with E-state index in [0.29, 0.717) is 17.2 Å². The van der Waals surface area contributed by atoms with Crippen molar-refractivity contribution in [1.82, 2.24) is 0 Å². The minimum atomic E-state index is -0.494. The third kappa shape index (κ3) is 4.61. The minimum Gasteiger partial charge on any atom is -0.494 e. The van der Waals surface area contributed by atoms with Crippen LogP contribution in [0.1, 0.15) is 16.6 Å². The predicted molar refractivity (Wildman–Crippen MR) is 80.8 cm³/mol. The SMILES string of the molecule is CCOc1ccc(NC(=O)COC(=O)c2cccs2)cc1. The number of benzene rings is 1. The number of nitrogens with one attached hydrogen (secondary N) is 1. The fraction of sp³-hybridized carbons (Fsp3) is 0.200. The fourth-order valence-corrected chi connectivity index (χ4v) is 2.21. The number of carbonyl (C=O) groups excluding carboxylic acids is 2. The van der Waals surface area contributed by atoms with Gasteiger partial charge in [0.25, 0.3) is 5.91 Å². The van der Waals surface area contributed by atoms with E-state index in [1.165, 1.54) is 11.3 Å². The summed E-state index contributed by atoms with van der Waals surface area (Å²) in [4.78, 5) is 23.7. The van der Waals surface area contributed by atoms with Crippen molar-refractivity contribution < 1.29 is 19.1 Å². The average molecular weight is 305 g/mol. The van der Waals surface area contributed by atoms with Gasteiger partial charge in [0.2, 0.25) is 0 Å². The zero-order chi connectivity index (χ0) is 15.1. The number of carbonyl (C=O) groups is 2. The second kappa shape index (κ2) is 7.44. The lowest BCUT2D eigenvalue weighted by molar-refractivity contribution is -0.119. The lowest BCUT2D eigenvalue weighted by Gasteiger charge is -2.07.